The Kier molecular flexibility index (Phi) is 6.85. The van der Waals surface area contributed by atoms with Gasteiger partial charge in [-0.2, -0.15) is 0 Å². The lowest BCUT2D eigenvalue weighted by Gasteiger charge is -2.42. The summed E-state index contributed by atoms with van der Waals surface area (Å²) in [5, 5.41) is 0. The molecule has 2 rings (SSSR count). The van der Waals surface area contributed by atoms with E-state index in [1.54, 1.807) is 7.11 Å². The quantitative estimate of drug-likeness (QED) is 0.652. The van der Waals surface area contributed by atoms with E-state index in [1.165, 1.54) is 5.56 Å². The molecule has 0 unspecified atom stereocenters. The Balaban J connectivity index is 2.19. The number of aryl methyl sites for hydroxylation is 3. The van der Waals surface area contributed by atoms with Gasteiger partial charge in [0.2, 0.25) is 0 Å². The van der Waals surface area contributed by atoms with Gasteiger partial charge in [-0.25, -0.2) is 0 Å². The fourth-order valence-electron chi connectivity index (χ4n) is 4.32. The zero-order valence-corrected chi connectivity index (χ0v) is 17.7. The van der Waals surface area contributed by atoms with E-state index < -0.39 is 5.41 Å². The van der Waals surface area contributed by atoms with Crippen LogP contribution in [-0.2, 0) is 25.5 Å². The fourth-order valence-corrected chi connectivity index (χ4v) is 4.32. The second-order valence-electron chi connectivity index (χ2n) is 8.42. The van der Waals surface area contributed by atoms with Gasteiger partial charge in [-0.05, 0) is 77.0 Å². The third kappa shape index (κ3) is 4.98. The highest BCUT2D eigenvalue weighted by Gasteiger charge is 2.47. The third-order valence-corrected chi connectivity index (χ3v) is 6.22. The van der Waals surface area contributed by atoms with Gasteiger partial charge in [0.15, 0.2) is 0 Å². The second-order valence-corrected chi connectivity index (χ2v) is 8.42. The number of hydrogen-bond donors (Lipinski definition) is 0. The summed E-state index contributed by atoms with van der Waals surface area (Å²) >= 11 is 0. The number of hydrogen-bond acceptors (Lipinski definition) is 4. The molecule has 150 valence electrons. The number of methoxy groups -OCH3 is 1. The molecule has 4 heteroatoms. The molecule has 4 nitrogen and oxygen atoms in total. The summed E-state index contributed by atoms with van der Waals surface area (Å²) in [4.78, 5) is 25.7. The average molecular weight is 375 g/mol. The van der Waals surface area contributed by atoms with Crippen molar-refractivity contribution in [3.05, 3.63) is 34.4 Å². The Bertz CT molecular complexity index is 673. The Labute approximate surface area is 163 Å². The third-order valence-electron chi connectivity index (χ3n) is 6.22. The van der Waals surface area contributed by atoms with Crippen molar-refractivity contribution >= 4 is 11.8 Å². The Morgan fingerprint density at radius 2 is 1.59 bits per heavy atom. The van der Waals surface area contributed by atoms with E-state index in [-0.39, 0.29) is 23.8 Å². The van der Waals surface area contributed by atoms with Crippen LogP contribution in [0.2, 0.25) is 0 Å². The van der Waals surface area contributed by atoms with Crippen LogP contribution in [-0.4, -0.2) is 31.1 Å². The first-order valence-electron chi connectivity index (χ1n) is 9.95. The van der Waals surface area contributed by atoms with E-state index in [9.17, 15) is 9.59 Å². The molecular formula is C23H34O4. The van der Waals surface area contributed by atoms with Crippen molar-refractivity contribution in [2.45, 2.75) is 78.7 Å². The first-order chi connectivity index (χ1) is 12.6. The number of carbonyl (C=O) groups is 2. The van der Waals surface area contributed by atoms with Gasteiger partial charge in [0.25, 0.3) is 0 Å². The van der Waals surface area contributed by atoms with E-state index >= 15 is 0 Å². The first kappa shape index (κ1) is 21.6. The number of carbonyl (C=O) groups excluding carboxylic acids is 2. The standard InChI is InChI=1S/C23H34O4/c1-7-27-21(25)23(10-8-22(5,26-6)9-11-23)15-19(24)14-20-17(3)12-16(2)13-18(20)4/h12-13H,7-11,14-15H2,1-6H3. The number of rotatable bonds is 7. The van der Waals surface area contributed by atoms with Crippen molar-refractivity contribution in [3.63, 3.8) is 0 Å². The van der Waals surface area contributed by atoms with Gasteiger partial charge in [0, 0.05) is 20.0 Å². The summed E-state index contributed by atoms with van der Waals surface area (Å²) in [7, 11) is 1.71. The minimum atomic E-state index is -0.711. The molecule has 1 fully saturated rings. The maximum absolute atomic E-state index is 13.0. The van der Waals surface area contributed by atoms with Crippen LogP contribution in [0.4, 0.5) is 0 Å². The van der Waals surface area contributed by atoms with Crippen molar-refractivity contribution in [1.82, 2.24) is 0 Å². The van der Waals surface area contributed by atoms with Gasteiger partial charge in [-0.1, -0.05) is 17.7 Å². The van der Waals surface area contributed by atoms with Crippen LogP contribution >= 0.6 is 0 Å². The molecule has 1 aromatic rings. The number of ketones is 1. The Hall–Kier alpha value is -1.68. The van der Waals surface area contributed by atoms with E-state index in [0.717, 1.165) is 29.5 Å². The summed E-state index contributed by atoms with van der Waals surface area (Å²) in [6.45, 7) is 10.4. The molecule has 1 aliphatic rings. The number of ether oxygens (including phenoxy) is 2. The number of Topliss-reactive ketones (excluding diaryl/α,β-unsaturated/α-hetero) is 1. The molecule has 1 aromatic carbocycles. The highest BCUT2D eigenvalue weighted by atomic mass is 16.5. The second kappa shape index (κ2) is 8.55. The van der Waals surface area contributed by atoms with Gasteiger partial charge in [0.05, 0.1) is 17.6 Å². The van der Waals surface area contributed by atoms with E-state index in [1.807, 2.05) is 20.8 Å². The number of benzene rings is 1. The van der Waals surface area contributed by atoms with Crippen molar-refractivity contribution in [3.8, 4) is 0 Å². The van der Waals surface area contributed by atoms with Gasteiger partial charge < -0.3 is 9.47 Å². The molecule has 0 N–H and O–H groups in total. The molecule has 1 aliphatic carbocycles. The molecule has 0 spiro atoms. The van der Waals surface area contributed by atoms with Crippen molar-refractivity contribution < 1.29 is 19.1 Å². The first-order valence-corrected chi connectivity index (χ1v) is 9.95. The molecule has 1 saturated carbocycles. The monoisotopic (exact) mass is 374 g/mol. The zero-order valence-electron chi connectivity index (χ0n) is 17.7. The van der Waals surface area contributed by atoms with Crippen molar-refractivity contribution in [1.29, 1.82) is 0 Å². The predicted octanol–water partition coefficient (Wildman–Crippen LogP) is 4.64. The van der Waals surface area contributed by atoms with Gasteiger partial charge in [0.1, 0.15) is 5.78 Å². The summed E-state index contributed by atoms with van der Waals surface area (Å²) in [5.41, 5.74) is 3.64. The van der Waals surface area contributed by atoms with Crippen LogP contribution in [0, 0.1) is 26.2 Å². The van der Waals surface area contributed by atoms with Crippen molar-refractivity contribution in [2.24, 2.45) is 5.41 Å². The highest BCUT2D eigenvalue weighted by Crippen LogP contribution is 2.45. The Morgan fingerprint density at radius 3 is 2.07 bits per heavy atom. The SMILES string of the molecule is CCOC(=O)C1(CC(=O)Cc2c(C)cc(C)cc2C)CCC(C)(OC)CC1. The largest absolute Gasteiger partial charge is 0.466 e. The van der Waals surface area contributed by atoms with Crippen LogP contribution < -0.4 is 0 Å². The van der Waals surface area contributed by atoms with Gasteiger partial charge in [-0.15, -0.1) is 0 Å². The van der Waals surface area contributed by atoms with Crippen LogP contribution in [0.15, 0.2) is 12.1 Å². The lowest BCUT2D eigenvalue weighted by molar-refractivity contribution is -0.164. The molecular weight excluding hydrogens is 340 g/mol. The van der Waals surface area contributed by atoms with Crippen LogP contribution in [0.5, 0.6) is 0 Å². The Morgan fingerprint density at radius 1 is 1.04 bits per heavy atom. The van der Waals surface area contributed by atoms with E-state index in [0.29, 0.717) is 25.9 Å². The molecule has 27 heavy (non-hydrogen) atoms. The summed E-state index contributed by atoms with van der Waals surface area (Å²) < 4.78 is 11.0. The molecule has 0 radical (unpaired) electrons. The molecule has 0 heterocycles. The normalized spacial score (nSPS) is 25.3. The van der Waals surface area contributed by atoms with E-state index in [4.69, 9.17) is 9.47 Å². The topological polar surface area (TPSA) is 52.6 Å². The van der Waals surface area contributed by atoms with Crippen LogP contribution in [0.3, 0.4) is 0 Å². The highest BCUT2D eigenvalue weighted by molar-refractivity contribution is 5.88. The fraction of sp³-hybridized carbons (Fsp3) is 0.652. The summed E-state index contributed by atoms with van der Waals surface area (Å²) in [6.07, 6.45) is 3.41. The van der Waals surface area contributed by atoms with Gasteiger partial charge in [-0.3, -0.25) is 9.59 Å². The molecule has 0 aliphatic heterocycles. The molecule has 0 saturated heterocycles. The average Bonchev–Trinajstić information content (AvgIpc) is 2.60. The van der Waals surface area contributed by atoms with Gasteiger partial charge >= 0.3 is 5.97 Å². The number of esters is 1. The van der Waals surface area contributed by atoms with Crippen LogP contribution in [0.1, 0.15) is 68.2 Å². The smallest absolute Gasteiger partial charge is 0.312 e. The summed E-state index contributed by atoms with van der Waals surface area (Å²) in [6, 6.07) is 4.22. The maximum Gasteiger partial charge on any atom is 0.312 e. The molecule has 0 aromatic heterocycles. The molecule has 0 atom stereocenters. The zero-order chi connectivity index (χ0) is 20.2. The van der Waals surface area contributed by atoms with E-state index in [2.05, 4.69) is 26.0 Å². The lowest BCUT2D eigenvalue weighted by atomic mass is 9.66. The predicted molar refractivity (Wildman–Crippen MR) is 107 cm³/mol. The van der Waals surface area contributed by atoms with Crippen molar-refractivity contribution in [2.75, 3.05) is 13.7 Å². The van der Waals surface area contributed by atoms with Crippen LogP contribution in [0.25, 0.3) is 0 Å². The summed E-state index contributed by atoms with van der Waals surface area (Å²) in [5.74, 6) is -0.118. The molecule has 0 amide bonds. The minimum Gasteiger partial charge on any atom is -0.466 e. The lowest BCUT2D eigenvalue weighted by Crippen LogP contribution is -2.44. The maximum atomic E-state index is 13.0. The minimum absolute atomic E-state index is 0.110. The molecule has 0 bridgehead atoms.